The van der Waals surface area contributed by atoms with Gasteiger partial charge in [0.25, 0.3) is 0 Å². The molecule has 1 heterocycles. The molecule has 0 N–H and O–H groups in total. The third-order valence-electron chi connectivity index (χ3n) is 2.01. The minimum absolute atomic E-state index is 0.570. The molecule has 0 amide bonds. The summed E-state index contributed by atoms with van der Waals surface area (Å²) in [6.07, 6.45) is 2.10. The lowest BCUT2D eigenvalue weighted by atomic mass is 10.1. The van der Waals surface area contributed by atoms with Crippen molar-refractivity contribution in [1.82, 2.24) is 0 Å². The molecule has 0 nitrogen and oxygen atoms in total. The SMILES string of the molecule is CSc1cc2c(CCl)cc(Br)cc2s1. The Balaban J connectivity index is 2.71. The second kappa shape index (κ2) is 4.44. The second-order valence-electron chi connectivity index (χ2n) is 2.88. The molecular formula is C10H8BrClS2. The summed E-state index contributed by atoms with van der Waals surface area (Å²) in [5, 5.41) is 1.29. The highest BCUT2D eigenvalue weighted by molar-refractivity contribution is 9.10. The number of fused-ring (bicyclic) bond motifs is 1. The molecule has 0 saturated carbocycles. The molecule has 0 spiro atoms. The van der Waals surface area contributed by atoms with E-state index in [0.29, 0.717) is 5.88 Å². The predicted molar refractivity (Wildman–Crippen MR) is 70.9 cm³/mol. The van der Waals surface area contributed by atoms with Crippen LogP contribution in [0.2, 0.25) is 0 Å². The van der Waals surface area contributed by atoms with Crippen LogP contribution in [-0.4, -0.2) is 6.26 Å². The summed E-state index contributed by atoms with van der Waals surface area (Å²) in [5.74, 6) is 0.570. The van der Waals surface area contributed by atoms with E-state index in [-0.39, 0.29) is 0 Å². The molecule has 0 atom stereocenters. The molecule has 0 aliphatic carbocycles. The number of thioether (sulfide) groups is 1. The lowest BCUT2D eigenvalue weighted by Crippen LogP contribution is -1.78. The average molecular weight is 308 g/mol. The van der Waals surface area contributed by atoms with Gasteiger partial charge in [-0.1, -0.05) is 15.9 Å². The molecule has 2 aromatic rings. The number of thiophene rings is 1. The lowest BCUT2D eigenvalue weighted by molar-refractivity contribution is 1.44. The monoisotopic (exact) mass is 306 g/mol. The van der Waals surface area contributed by atoms with Crippen molar-refractivity contribution in [2.24, 2.45) is 0 Å². The first-order chi connectivity index (χ1) is 6.74. The molecule has 4 heteroatoms. The summed E-state index contributed by atoms with van der Waals surface area (Å²) >= 11 is 13.0. The van der Waals surface area contributed by atoms with Crippen LogP contribution < -0.4 is 0 Å². The summed E-state index contributed by atoms with van der Waals surface area (Å²) < 4.78 is 3.75. The molecule has 0 radical (unpaired) electrons. The Morgan fingerprint density at radius 1 is 1.43 bits per heavy atom. The minimum Gasteiger partial charge on any atom is -0.129 e. The van der Waals surface area contributed by atoms with Crippen molar-refractivity contribution in [3.63, 3.8) is 0 Å². The Kier molecular flexibility index (Phi) is 3.42. The fourth-order valence-corrected chi connectivity index (χ4v) is 3.96. The van der Waals surface area contributed by atoms with Crippen LogP contribution in [0.1, 0.15) is 5.56 Å². The van der Waals surface area contributed by atoms with Gasteiger partial charge in [-0.25, -0.2) is 0 Å². The zero-order valence-electron chi connectivity index (χ0n) is 7.51. The van der Waals surface area contributed by atoms with Crippen LogP contribution in [-0.2, 0) is 5.88 Å². The Morgan fingerprint density at radius 2 is 2.21 bits per heavy atom. The highest BCUT2D eigenvalue weighted by atomic mass is 79.9. The van der Waals surface area contributed by atoms with E-state index in [1.54, 1.807) is 11.8 Å². The van der Waals surface area contributed by atoms with E-state index in [0.717, 1.165) is 4.47 Å². The first-order valence-corrected chi connectivity index (χ1v) is 7.43. The van der Waals surface area contributed by atoms with Crippen LogP contribution in [0, 0.1) is 0 Å². The molecule has 74 valence electrons. The van der Waals surface area contributed by atoms with Gasteiger partial charge in [-0.2, -0.15) is 0 Å². The van der Waals surface area contributed by atoms with Gasteiger partial charge in [0, 0.05) is 15.1 Å². The van der Waals surface area contributed by atoms with E-state index in [4.69, 9.17) is 11.6 Å². The lowest BCUT2D eigenvalue weighted by Gasteiger charge is -1.98. The fraction of sp³-hybridized carbons (Fsp3) is 0.200. The molecule has 0 aliphatic heterocycles. The van der Waals surface area contributed by atoms with E-state index < -0.39 is 0 Å². The van der Waals surface area contributed by atoms with Gasteiger partial charge in [0.05, 0.1) is 4.21 Å². The maximum atomic E-state index is 5.91. The Morgan fingerprint density at radius 3 is 2.86 bits per heavy atom. The highest BCUT2D eigenvalue weighted by Crippen LogP contribution is 2.36. The molecule has 0 saturated heterocycles. The maximum Gasteiger partial charge on any atom is 0.0608 e. The number of rotatable bonds is 2. The summed E-state index contributed by atoms with van der Waals surface area (Å²) in [4.78, 5) is 0. The zero-order chi connectivity index (χ0) is 10.1. The number of hydrogen-bond donors (Lipinski definition) is 0. The summed E-state index contributed by atoms with van der Waals surface area (Å²) in [5.41, 5.74) is 1.20. The number of alkyl halides is 1. The Hall–Kier alpha value is 0.300. The van der Waals surface area contributed by atoms with Crippen molar-refractivity contribution in [1.29, 1.82) is 0 Å². The molecule has 0 bridgehead atoms. The van der Waals surface area contributed by atoms with E-state index in [2.05, 4.69) is 40.4 Å². The van der Waals surface area contributed by atoms with Gasteiger partial charge >= 0.3 is 0 Å². The van der Waals surface area contributed by atoms with Gasteiger partial charge in [-0.3, -0.25) is 0 Å². The molecule has 1 aromatic heterocycles. The summed E-state index contributed by atoms with van der Waals surface area (Å²) in [6, 6.07) is 6.46. The first kappa shape index (κ1) is 10.8. The van der Waals surface area contributed by atoms with Crippen molar-refractivity contribution in [3.05, 3.63) is 28.2 Å². The van der Waals surface area contributed by atoms with E-state index >= 15 is 0 Å². The van der Waals surface area contributed by atoms with E-state index in [9.17, 15) is 0 Å². The van der Waals surface area contributed by atoms with Gasteiger partial charge in [-0.05, 0) is 35.4 Å². The van der Waals surface area contributed by atoms with Gasteiger partial charge < -0.3 is 0 Å². The van der Waals surface area contributed by atoms with Crippen molar-refractivity contribution >= 4 is 60.7 Å². The van der Waals surface area contributed by atoms with Gasteiger partial charge in [0.2, 0.25) is 0 Å². The Labute approximate surface area is 105 Å². The third-order valence-corrected chi connectivity index (χ3v) is 4.90. The molecule has 0 aliphatic rings. The molecule has 0 fully saturated rings. The topological polar surface area (TPSA) is 0 Å². The first-order valence-electron chi connectivity index (χ1n) is 4.06. The number of halogens is 2. The maximum absolute atomic E-state index is 5.91. The van der Waals surface area contributed by atoms with Crippen molar-refractivity contribution in [2.45, 2.75) is 10.1 Å². The molecular weight excluding hydrogens is 300 g/mol. The predicted octanol–water partition coefficient (Wildman–Crippen LogP) is 5.12. The number of benzene rings is 1. The van der Waals surface area contributed by atoms with Gasteiger partial charge in [0.1, 0.15) is 0 Å². The quantitative estimate of drug-likeness (QED) is 0.548. The van der Waals surface area contributed by atoms with E-state index in [1.165, 1.54) is 19.9 Å². The smallest absolute Gasteiger partial charge is 0.0608 e. The van der Waals surface area contributed by atoms with Crippen LogP contribution in [0.4, 0.5) is 0 Å². The largest absolute Gasteiger partial charge is 0.129 e. The third kappa shape index (κ3) is 1.96. The van der Waals surface area contributed by atoms with E-state index in [1.807, 2.05) is 11.3 Å². The molecule has 14 heavy (non-hydrogen) atoms. The van der Waals surface area contributed by atoms with Crippen LogP contribution in [0.3, 0.4) is 0 Å². The second-order valence-corrected chi connectivity index (χ2v) is 6.25. The number of hydrogen-bond acceptors (Lipinski definition) is 2. The van der Waals surface area contributed by atoms with Crippen LogP contribution in [0.15, 0.2) is 26.9 Å². The zero-order valence-corrected chi connectivity index (χ0v) is 11.5. The van der Waals surface area contributed by atoms with Crippen LogP contribution in [0.5, 0.6) is 0 Å². The molecule has 0 unspecified atom stereocenters. The fourth-order valence-electron chi connectivity index (χ4n) is 1.36. The highest BCUT2D eigenvalue weighted by Gasteiger charge is 2.06. The van der Waals surface area contributed by atoms with Crippen molar-refractivity contribution in [3.8, 4) is 0 Å². The molecule has 1 aromatic carbocycles. The van der Waals surface area contributed by atoms with Crippen LogP contribution >= 0.6 is 50.6 Å². The average Bonchev–Trinajstić information content (AvgIpc) is 2.59. The van der Waals surface area contributed by atoms with Crippen molar-refractivity contribution < 1.29 is 0 Å². The van der Waals surface area contributed by atoms with Gasteiger partial charge in [-0.15, -0.1) is 34.7 Å². The summed E-state index contributed by atoms with van der Waals surface area (Å²) in [7, 11) is 0. The van der Waals surface area contributed by atoms with Crippen molar-refractivity contribution in [2.75, 3.05) is 6.26 Å². The summed E-state index contributed by atoms with van der Waals surface area (Å²) in [6.45, 7) is 0. The minimum atomic E-state index is 0.570. The standard InChI is InChI=1S/C10H8BrClS2/c1-13-10-4-8-6(5-12)2-7(11)3-9(8)14-10/h2-4H,5H2,1H3. The normalized spacial score (nSPS) is 11.1. The Bertz CT molecular complexity index is 464. The van der Waals surface area contributed by atoms with Gasteiger partial charge in [0.15, 0.2) is 0 Å². The molecule has 2 rings (SSSR count). The van der Waals surface area contributed by atoms with Crippen LogP contribution in [0.25, 0.3) is 10.1 Å².